The average Bonchev–Trinajstić information content (AvgIpc) is 2.77. The zero-order valence-corrected chi connectivity index (χ0v) is 18.1. The molecule has 8 heteroatoms. The molecule has 0 unspecified atom stereocenters. The van der Waals surface area contributed by atoms with Crippen LogP contribution in [0, 0.1) is 0 Å². The Morgan fingerprint density at radius 2 is 2.00 bits per heavy atom. The fourth-order valence-corrected chi connectivity index (χ4v) is 3.63. The molecule has 0 bridgehead atoms. The maximum Gasteiger partial charge on any atom is 0.242 e. The summed E-state index contributed by atoms with van der Waals surface area (Å²) in [6, 6.07) is 10.1. The number of anilines is 1. The van der Waals surface area contributed by atoms with Gasteiger partial charge in [-0.15, -0.1) is 0 Å². The van der Waals surface area contributed by atoms with Crippen LogP contribution < -0.4 is 9.64 Å². The molecule has 31 heavy (non-hydrogen) atoms. The van der Waals surface area contributed by atoms with Crippen LogP contribution in [0.25, 0.3) is 22.3 Å². The minimum absolute atomic E-state index is 0.135. The van der Waals surface area contributed by atoms with Crippen molar-refractivity contribution in [2.75, 3.05) is 51.8 Å². The number of fused-ring (bicyclic) bond motifs is 1. The number of hydrogen-bond acceptors (Lipinski definition) is 8. The minimum Gasteiger partial charge on any atom is -0.473 e. The summed E-state index contributed by atoms with van der Waals surface area (Å²) in [6.45, 7) is 4.34. The third-order valence-electron chi connectivity index (χ3n) is 5.18. The van der Waals surface area contributed by atoms with Crippen molar-refractivity contribution in [2.24, 2.45) is 0 Å². The van der Waals surface area contributed by atoms with Gasteiger partial charge >= 0.3 is 0 Å². The van der Waals surface area contributed by atoms with E-state index in [0.29, 0.717) is 37.7 Å². The summed E-state index contributed by atoms with van der Waals surface area (Å²) < 4.78 is 11.9. The molecule has 1 aromatic carbocycles. The van der Waals surface area contributed by atoms with Gasteiger partial charge in [0, 0.05) is 50.8 Å². The number of carbonyl (C=O) groups is 1. The van der Waals surface area contributed by atoms with Gasteiger partial charge in [-0.05, 0) is 25.1 Å². The van der Waals surface area contributed by atoms with Gasteiger partial charge in [-0.3, -0.25) is 14.7 Å². The highest BCUT2D eigenvalue weighted by Gasteiger charge is 2.22. The lowest BCUT2D eigenvalue weighted by molar-refractivity contribution is -0.120. The van der Waals surface area contributed by atoms with Gasteiger partial charge in [0.1, 0.15) is 18.5 Å². The van der Waals surface area contributed by atoms with Crippen molar-refractivity contribution in [1.29, 1.82) is 0 Å². The number of carbonyl (C=O) groups excluding carboxylic acids is 1. The number of ketones is 1. The predicted molar refractivity (Wildman–Crippen MR) is 119 cm³/mol. The standard InChI is InChI=1S/C23H27N5O3/c1-16(29)13-28-10-11-30-19(14-28)15-31-23-22-21(24-8-9-25-22)12-20(26-23)17-4-6-18(7-5-17)27(2)3/h4-9,12,19H,10-11,13-15H2,1-3H3/t19-/m0/s1. The van der Waals surface area contributed by atoms with Crippen LogP contribution >= 0.6 is 0 Å². The Labute approximate surface area is 181 Å². The fourth-order valence-electron chi connectivity index (χ4n) is 3.63. The Morgan fingerprint density at radius 1 is 1.23 bits per heavy atom. The SMILES string of the molecule is CC(=O)CN1CCO[C@H](COc2nc(-c3ccc(N(C)C)cc3)cc3nccnc23)C1. The van der Waals surface area contributed by atoms with Gasteiger partial charge in [-0.2, -0.15) is 0 Å². The smallest absolute Gasteiger partial charge is 0.242 e. The minimum atomic E-state index is -0.135. The highest BCUT2D eigenvalue weighted by molar-refractivity contribution is 5.83. The van der Waals surface area contributed by atoms with Gasteiger partial charge in [0.25, 0.3) is 0 Å². The first kappa shape index (κ1) is 21.1. The van der Waals surface area contributed by atoms with Crippen molar-refractivity contribution in [3.63, 3.8) is 0 Å². The van der Waals surface area contributed by atoms with Crippen LogP contribution in [0.2, 0.25) is 0 Å². The molecule has 1 aliphatic rings. The van der Waals surface area contributed by atoms with Crippen molar-refractivity contribution >= 4 is 22.5 Å². The van der Waals surface area contributed by atoms with Gasteiger partial charge in [0.05, 0.1) is 24.4 Å². The normalized spacial score (nSPS) is 16.9. The molecule has 0 radical (unpaired) electrons. The molecule has 1 fully saturated rings. The fraction of sp³-hybridized carbons (Fsp3) is 0.391. The highest BCUT2D eigenvalue weighted by atomic mass is 16.5. The van der Waals surface area contributed by atoms with Crippen molar-refractivity contribution < 1.29 is 14.3 Å². The van der Waals surface area contributed by atoms with Crippen molar-refractivity contribution in [3.8, 4) is 17.1 Å². The van der Waals surface area contributed by atoms with E-state index in [1.165, 1.54) is 0 Å². The summed E-state index contributed by atoms with van der Waals surface area (Å²) in [5.41, 5.74) is 4.21. The second kappa shape index (κ2) is 9.36. The molecule has 1 aliphatic heterocycles. The molecule has 8 nitrogen and oxygen atoms in total. The topological polar surface area (TPSA) is 80.7 Å². The van der Waals surface area contributed by atoms with E-state index in [1.54, 1.807) is 19.3 Å². The summed E-state index contributed by atoms with van der Waals surface area (Å²) in [7, 11) is 4.02. The van der Waals surface area contributed by atoms with Gasteiger partial charge in [-0.1, -0.05) is 12.1 Å². The van der Waals surface area contributed by atoms with Gasteiger partial charge in [-0.25, -0.2) is 9.97 Å². The van der Waals surface area contributed by atoms with Crippen molar-refractivity contribution in [2.45, 2.75) is 13.0 Å². The van der Waals surface area contributed by atoms with Gasteiger partial charge in [0.2, 0.25) is 5.88 Å². The molecule has 2 aromatic heterocycles. The lowest BCUT2D eigenvalue weighted by atomic mass is 10.1. The zero-order valence-electron chi connectivity index (χ0n) is 18.1. The van der Waals surface area contributed by atoms with E-state index in [0.717, 1.165) is 29.0 Å². The van der Waals surface area contributed by atoms with E-state index < -0.39 is 0 Å². The maximum atomic E-state index is 11.4. The van der Waals surface area contributed by atoms with E-state index in [-0.39, 0.29) is 11.9 Å². The van der Waals surface area contributed by atoms with E-state index in [2.05, 4.69) is 31.9 Å². The number of hydrogen-bond donors (Lipinski definition) is 0. The molecular formula is C23H27N5O3. The number of pyridine rings is 1. The van der Waals surface area contributed by atoms with E-state index >= 15 is 0 Å². The van der Waals surface area contributed by atoms with Crippen LogP contribution in [0.3, 0.4) is 0 Å². The van der Waals surface area contributed by atoms with Crippen LogP contribution in [0.1, 0.15) is 6.92 Å². The number of benzene rings is 1. The second-order valence-electron chi connectivity index (χ2n) is 7.92. The third kappa shape index (κ3) is 5.15. The molecule has 0 N–H and O–H groups in total. The van der Waals surface area contributed by atoms with Crippen molar-refractivity contribution in [3.05, 3.63) is 42.7 Å². The summed E-state index contributed by atoms with van der Waals surface area (Å²) in [5, 5.41) is 0. The summed E-state index contributed by atoms with van der Waals surface area (Å²) >= 11 is 0. The van der Waals surface area contributed by atoms with Crippen LogP contribution in [0.4, 0.5) is 5.69 Å². The molecule has 0 saturated carbocycles. The number of aromatic nitrogens is 3. The monoisotopic (exact) mass is 421 g/mol. The summed E-state index contributed by atoms with van der Waals surface area (Å²) in [6.07, 6.45) is 3.16. The predicted octanol–water partition coefficient (Wildman–Crippen LogP) is 2.43. The van der Waals surface area contributed by atoms with Gasteiger partial charge in [0.15, 0.2) is 5.52 Å². The van der Waals surface area contributed by atoms with Gasteiger partial charge < -0.3 is 14.4 Å². The number of rotatable bonds is 7. The lowest BCUT2D eigenvalue weighted by Crippen LogP contribution is -2.46. The largest absolute Gasteiger partial charge is 0.473 e. The Hall–Kier alpha value is -3.10. The Bertz CT molecular complexity index is 1050. The molecule has 3 heterocycles. The van der Waals surface area contributed by atoms with Crippen molar-refractivity contribution in [1.82, 2.24) is 19.9 Å². The first-order valence-corrected chi connectivity index (χ1v) is 10.4. The van der Waals surface area contributed by atoms with Crippen LogP contribution in [-0.4, -0.2) is 78.7 Å². The second-order valence-corrected chi connectivity index (χ2v) is 7.92. The van der Waals surface area contributed by atoms with E-state index in [1.807, 2.05) is 32.3 Å². The van der Waals surface area contributed by atoms with E-state index in [4.69, 9.17) is 14.5 Å². The number of Topliss-reactive ketones (excluding diaryl/α,β-unsaturated/α-hetero) is 1. The Kier molecular flexibility index (Phi) is 6.39. The molecule has 0 aliphatic carbocycles. The molecule has 1 saturated heterocycles. The number of nitrogens with zero attached hydrogens (tertiary/aromatic N) is 5. The lowest BCUT2D eigenvalue weighted by Gasteiger charge is -2.31. The van der Waals surface area contributed by atoms with Crippen LogP contribution in [0.15, 0.2) is 42.7 Å². The molecule has 0 amide bonds. The maximum absolute atomic E-state index is 11.4. The zero-order chi connectivity index (χ0) is 21.8. The highest BCUT2D eigenvalue weighted by Crippen LogP contribution is 2.28. The van der Waals surface area contributed by atoms with Crippen LogP contribution in [0.5, 0.6) is 5.88 Å². The molecular weight excluding hydrogens is 394 g/mol. The first-order valence-electron chi connectivity index (χ1n) is 10.4. The molecule has 162 valence electrons. The third-order valence-corrected chi connectivity index (χ3v) is 5.18. The Morgan fingerprint density at radius 3 is 2.74 bits per heavy atom. The van der Waals surface area contributed by atoms with Crippen LogP contribution in [-0.2, 0) is 9.53 Å². The number of morpholine rings is 1. The van der Waals surface area contributed by atoms with E-state index in [9.17, 15) is 4.79 Å². The average molecular weight is 422 g/mol. The molecule has 0 spiro atoms. The summed E-state index contributed by atoms with van der Waals surface area (Å²) in [4.78, 5) is 29.2. The molecule has 4 rings (SSSR count). The quantitative estimate of drug-likeness (QED) is 0.575. The first-order chi connectivity index (χ1) is 15.0. The Balaban J connectivity index is 1.56. The summed E-state index contributed by atoms with van der Waals surface area (Å²) in [5.74, 6) is 0.585. The molecule has 3 aromatic rings. The number of ether oxygens (including phenoxy) is 2. The molecule has 1 atom stereocenters.